The molecule has 0 saturated heterocycles. The van der Waals surface area contributed by atoms with E-state index in [0.29, 0.717) is 0 Å². The minimum atomic E-state index is -4.62. The van der Waals surface area contributed by atoms with E-state index in [1.54, 1.807) is 0 Å². The number of ether oxygens (including phenoxy) is 1. The van der Waals surface area contributed by atoms with Gasteiger partial charge in [-0.1, -0.05) is 6.58 Å². The van der Waals surface area contributed by atoms with E-state index in [2.05, 4.69) is 11.3 Å². The van der Waals surface area contributed by atoms with Gasteiger partial charge >= 0.3 is 16.1 Å². The lowest BCUT2D eigenvalue weighted by Crippen LogP contribution is -2.48. The molecule has 6 nitrogen and oxygen atoms in total. The largest absolute Gasteiger partial charge is 0.424 e. The summed E-state index contributed by atoms with van der Waals surface area (Å²) in [6.07, 6.45) is 0.732. The molecule has 0 spiro atoms. The van der Waals surface area contributed by atoms with Crippen LogP contribution in [0, 0.1) is 0 Å². The van der Waals surface area contributed by atoms with Crippen LogP contribution in [0.2, 0.25) is 0 Å². The monoisotopic (exact) mass is 195 g/mol. The van der Waals surface area contributed by atoms with Gasteiger partial charge in [0.15, 0.2) is 0 Å². The first-order chi connectivity index (χ1) is 5.20. The van der Waals surface area contributed by atoms with Crippen LogP contribution >= 0.6 is 0 Å². The minimum Gasteiger partial charge on any atom is -0.424 e. The maximum absolute atomic E-state index is 10.5. The molecule has 12 heavy (non-hydrogen) atoms. The van der Waals surface area contributed by atoms with Crippen LogP contribution in [-0.4, -0.2) is 24.0 Å². The highest BCUT2D eigenvalue weighted by Crippen LogP contribution is 2.09. The third-order valence-corrected chi connectivity index (χ3v) is 2.09. The van der Waals surface area contributed by atoms with Crippen molar-refractivity contribution in [2.75, 3.05) is 0 Å². The van der Waals surface area contributed by atoms with Crippen LogP contribution < -0.4 is 5.73 Å². The molecule has 0 aliphatic carbocycles. The van der Waals surface area contributed by atoms with Crippen molar-refractivity contribution in [3.63, 3.8) is 0 Å². The van der Waals surface area contributed by atoms with Crippen molar-refractivity contribution in [3.05, 3.63) is 12.7 Å². The molecule has 0 saturated carbocycles. The molecule has 0 amide bonds. The van der Waals surface area contributed by atoms with Gasteiger partial charge in [-0.15, -0.1) is 0 Å². The summed E-state index contributed by atoms with van der Waals surface area (Å²) in [7, 11) is -4.62. The maximum atomic E-state index is 10.5. The number of carbonyl (C=O) groups is 1. The topological polar surface area (TPSA) is 107 Å². The van der Waals surface area contributed by atoms with E-state index in [-0.39, 0.29) is 0 Å². The van der Waals surface area contributed by atoms with E-state index < -0.39 is 21.1 Å². The van der Waals surface area contributed by atoms with Crippen molar-refractivity contribution in [1.82, 2.24) is 0 Å². The van der Waals surface area contributed by atoms with Crippen molar-refractivity contribution < 1.29 is 22.5 Å². The Morgan fingerprint density at radius 3 is 2.42 bits per heavy atom. The molecule has 0 aliphatic heterocycles. The van der Waals surface area contributed by atoms with Gasteiger partial charge in [0.25, 0.3) is 5.06 Å². The number of carbonyl (C=O) groups excluding carboxylic acids is 1. The predicted molar refractivity (Wildman–Crippen MR) is 40.4 cm³/mol. The Morgan fingerprint density at radius 1 is 1.75 bits per heavy atom. The molecule has 1 unspecified atom stereocenters. The fraction of sp³-hybridized carbons (Fsp3) is 0.400. The number of rotatable bonds is 3. The number of hydrogen-bond donors (Lipinski definition) is 2. The zero-order valence-electron chi connectivity index (χ0n) is 6.35. The summed E-state index contributed by atoms with van der Waals surface area (Å²) in [4.78, 5) is 10.5. The van der Waals surface area contributed by atoms with Crippen molar-refractivity contribution in [2.24, 2.45) is 5.73 Å². The summed E-state index contributed by atoms with van der Waals surface area (Å²) >= 11 is 0. The first kappa shape index (κ1) is 11.1. The zero-order valence-corrected chi connectivity index (χ0v) is 7.17. The van der Waals surface area contributed by atoms with Crippen molar-refractivity contribution >= 4 is 16.1 Å². The molecule has 0 radical (unpaired) electrons. The van der Waals surface area contributed by atoms with E-state index in [0.717, 1.165) is 13.0 Å². The quantitative estimate of drug-likeness (QED) is 0.265. The van der Waals surface area contributed by atoms with Crippen molar-refractivity contribution in [3.8, 4) is 0 Å². The molecule has 0 rings (SSSR count). The highest BCUT2D eigenvalue weighted by molar-refractivity contribution is 7.87. The summed E-state index contributed by atoms with van der Waals surface area (Å²) in [6.45, 7) is 3.86. The van der Waals surface area contributed by atoms with Gasteiger partial charge in [-0.05, 0) is 0 Å². The van der Waals surface area contributed by atoms with Crippen LogP contribution in [0.5, 0.6) is 0 Å². The fourth-order valence-electron chi connectivity index (χ4n) is 0.294. The molecular formula is C5H9NO5S. The van der Waals surface area contributed by atoms with Crippen molar-refractivity contribution in [1.29, 1.82) is 0 Å². The smallest absolute Gasteiger partial charge is 0.332 e. The van der Waals surface area contributed by atoms with Crippen LogP contribution in [0.3, 0.4) is 0 Å². The van der Waals surface area contributed by atoms with E-state index >= 15 is 0 Å². The average Bonchev–Trinajstić information content (AvgIpc) is 1.84. The maximum Gasteiger partial charge on any atom is 0.332 e. The Kier molecular flexibility index (Phi) is 2.97. The van der Waals surface area contributed by atoms with Gasteiger partial charge in [0.05, 0.1) is 0 Å². The average molecular weight is 195 g/mol. The second-order valence-corrected chi connectivity index (χ2v) is 3.88. The van der Waals surface area contributed by atoms with Crippen LogP contribution in [0.25, 0.3) is 0 Å². The molecule has 1 atom stereocenters. The molecule has 3 N–H and O–H groups in total. The lowest BCUT2D eigenvalue weighted by atomic mass is 10.6. The molecule has 0 aromatic rings. The fourth-order valence-corrected chi connectivity index (χ4v) is 0.481. The molecule has 70 valence electrons. The Morgan fingerprint density at radius 2 is 2.17 bits per heavy atom. The molecule has 0 bridgehead atoms. The summed E-state index contributed by atoms with van der Waals surface area (Å²) in [5.41, 5.74) is 4.94. The summed E-state index contributed by atoms with van der Waals surface area (Å²) in [5, 5.41) is -2.43. The standard InChI is InChI=1S/C5H9NO5S/c1-3-4(7)11-5(2,6)12(8,9)10/h3H,1,6H2,2H3,(H,8,9,10). The van der Waals surface area contributed by atoms with Crippen molar-refractivity contribution in [2.45, 2.75) is 12.0 Å². The first-order valence-electron chi connectivity index (χ1n) is 2.82. The minimum absolute atomic E-state index is 0.732. The lowest BCUT2D eigenvalue weighted by molar-refractivity contribution is -0.145. The van der Waals surface area contributed by atoms with Crippen LogP contribution in [0.4, 0.5) is 0 Å². The second kappa shape index (κ2) is 3.21. The molecule has 7 heteroatoms. The summed E-state index contributed by atoms with van der Waals surface area (Å²) in [6, 6.07) is 0. The van der Waals surface area contributed by atoms with Gasteiger partial charge in [-0.25, -0.2) is 4.79 Å². The lowest BCUT2D eigenvalue weighted by Gasteiger charge is -2.19. The third kappa shape index (κ3) is 2.61. The molecule has 0 heterocycles. The number of esters is 1. The summed E-state index contributed by atoms with van der Waals surface area (Å²) in [5.74, 6) is -1.03. The van der Waals surface area contributed by atoms with Gasteiger partial charge in [0.1, 0.15) is 0 Å². The van der Waals surface area contributed by atoms with Gasteiger partial charge in [-0.3, -0.25) is 10.3 Å². The van der Waals surface area contributed by atoms with Crippen LogP contribution in [-0.2, 0) is 19.6 Å². The molecule has 0 aromatic heterocycles. The zero-order chi connectivity index (χ0) is 9.99. The van der Waals surface area contributed by atoms with Gasteiger partial charge in [0.2, 0.25) is 0 Å². The Hall–Kier alpha value is -0.920. The molecule has 0 aromatic carbocycles. The molecular weight excluding hydrogens is 186 g/mol. The Balaban J connectivity index is 4.66. The molecule has 0 fully saturated rings. The third-order valence-electron chi connectivity index (χ3n) is 0.982. The Labute approximate surface area is 69.8 Å². The van der Waals surface area contributed by atoms with Gasteiger partial charge in [-0.2, -0.15) is 8.42 Å². The number of hydrogen-bond acceptors (Lipinski definition) is 5. The van der Waals surface area contributed by atoms with Gasteiger partial charge in [0, 0.05) is 13.0 Å². The summed E-state index contributed by atoms with van der Waals surface area (Å²) < 4.78 is 33.4. The highest BCUT2D eigenvalue weighted by atomic mass is 32.2. The van der Waals surface area contributed by atoms with Crippen LogP contribution in [0.1, 0.15) is 6.92 Å². The predicted octanol–water partition coefficient (Wildman–Crippen LogP) is -0.764. The second-order valence-electron chi connectivity index (χ2n) is 2.12. The first-order valence-corrected chi connectivity index (χ1v) is 4.26. The Bertz CT molecular complexity index is 291. The highest BCUT2D eigenvalue weighted by Gasteiger charge is 2.37. The SMILES string of the molecule is C=CC(=O)OC(C)(N)S(=O)(=O)O. The van der Waals surface area contributed by atoms with Gasteiger partial charge < -0.3 is 4.74 Å². The number of nitrogens with two attached hydrogens (primary N) is 1. The van der Waals surface area contributed by atoms with E-state index in [9.17, 15) is 13.2 Å². The van der Waals surface area contributed by atoms with Crippen LogP contribution in [0.15, 0.2) is 12.7 Å². The normalized spacial score (nSPS) is 16.2. The molecule has 0 aliphatic rings. The van der Waals surface area contributed by atoms with E-state index in [4.69, 9.17) is 10.3 Å². The van der Waals surface area contributed by atoms with E-state index in [1.807, 2.05) is 0 Å². The van der Waals surface area contributed by atoms with E-state index in [1.165, 1.54) is 0 Å².